The lowest BCUT2D eigenvalue weighted by Gasteiger charge is -2.35. The van der Waals surface area contributed by atoms with E-state index < -0.39 is 6.09 Å². The minimum atomic E-state index is -0.434. The van der Waals surface area contributed by atoms with Crippen LogP contribution in [0.1, 0.15) is 29.9 Å². The second-order valence-electron chi connectivity index (χ2n) is 7.45. The molecule has 1 aliphatic carbocycles. The molecule has 0 atom stereocenters. The Morgan fingerprint density at radius 3 is 2.26 bits per heavy atom. The Morgan fingerprint density at radius 2 is 1.67 bits per heavy atom. The fourth-order valence-corrected chi connectivity index (χ4v) is 4.10. The van der Waals surface area contributed by atoms with Crippen molar-refractivity contribution in [3.63, 3.8) is 0 Å². The number of aliphatic hydroxyl groups excluding tert-OH is 1. The minimum Gasteiger partial charge on any atom is -0.449 e. The Balaban J connectivity index is 1.39. The maximum Gasteiger partial charge on any atom is 0.407 e. The van der Waals surface area contributed by atoms with E-state index in [1.165, 1.54) is 22.3 Å². The van der Waals surface area contributed by atoms with E-state index >= 15 is 0 Å². The third-order valence-electron chi connectivity index (χ3n) is 5.84. The second kappa shape index (κ2) is 7.71. The summed E-state index contributed by atoms with van der Waals surface area (Å²) in [5.41, 5.74) is 4.52. The lowest BCUT2D eigenvalue weighted by molar-refractivity contribution is -0.0152. The van der Waals surface area contributed by atoms with Gasteiger partial charge in [0.15, 0.2) is 0 Å². The predicted octanol–water partition coefficient (Wildman–Crippen LogP) is 3.31. The van der Waals surface area contributed by atoms with Gasteiger partial charge in [0, 0.05) is 31.1 Å². The van der Waals surface area contributed by atoms with Gasteiger partial charge in [-0.25, -0.2) is 4.79 Å². The maximum absolute atomic E-state index is 12.3. The summed E-state index contributed by atoms with van der Waals surface area (Å²) in [4.78, 5) is 12.3. The number of rotatable bonds is 5. The van der Waals surface area contributed by atoms with Crippen molar-refractivity contribution < 1.29 is 19.4 Å². The van der Waals surface area contributed by atoms with Crippen LogP contribution in [0.15, 0.2) is 48.5 Å². The van der Waals surface area contributed by atoms with E-state index in [1.54, 1.807) is 0 Å². The van der Waals surface area contributed by atoms with Gasteiger partial charge in [-0.05, 0) is 35.1 Å². The first-order valence-electron chi connectivity index (χ1n) is 9.50. The van der Waals surface area contributed by atoms with Crippen LogP contribution >= 0.6 is 0 Å². The van der Waals surface area contributed by atoms with Crippen LogP contribution in [0.3, 0.4) is 0 Å². The van der Waals surface area contributed by atoms with Crippen molar-refractivity contribution in [2.45, 2.75) is 18.8 Å². The van der Waals surface area contributed by atoms with Crippen LogP contribution in [0.4, 0.5) is 4.79 Å². The molecule has 1 amide bonds. The van der Waals surface area contributed by atoms with Crippen molar-refractivity contribution in [2.75, 3.05) is 33.0 Å². The van der Waals surface area contributed by atoms with Crippen molar-refractivity contribution in [2.24, 2.45) is 5.41 Å². The zero-order valence-electron chi connectivity index (χ0n) is 15.3. The molecule has 0 saturated carbocycles. The molecular formula is C22H25NO4. The summed E-state index contributed by atoms with van der Waals surface area (Å²) in [6.45, 7) is 1.98. The molecule has 0 bridgehead atoms. The van der Waals surface area contributed by atoms with Gasteiger partial charge in [-0.2, -0.15) is 0 Å². The number of amides is 1. The third-order valence-corrected chi connectivity index (χ3v) is 5.84. The highest BCUT2D eigenvalue weighted by molar-refractivity contribution is 5.79. The van der Waals surface area contributed by atoms with Gasteiger partial charge < -0.3 is 19.9 Å². The number of ether oxygens (including phenoxy) is 2. The number of alkyl carbamates (subject to hydrolysis) is 1. The fraction of sp³-hybridized carbons (Fsp3) is 0.409. The third kappa shape index (κ3) is 3.57. The first kappa shape index (κ1) is 18.0. The van der Waals surface area contributed by atoms with E-state index in [2.05, 4.69) is 29.6 Å². The molecule has 4 rings (SSSR count). The highest BCUT2D eigenvalue weighted by atomic mass is 16.5. The van der Waals surface area contributed by atoms with Crippen LogP contribution in [-0.4, -0.2) is 44.2 Å². The number of nitrogens with one attached hydrogen (secondary N) is 1. The molecule has 0 unspecified atom stereocenters. The highest BCUT2D eigenvalue weighted by Crippen LogP contribution is 2.44. The lowest BCUT2D eigenvalue weighted by atomic mass is 9.81. The van der Waals surface area contributed by atoms with Crippen LogP contribution in [-0.2, 0) is 9.47 Å². The number of hydrogen-bond acceptors (Lipinski definition) is 4. The van der Waals surface area contributed by atoms with Crippen LogP contribution in [0.5, 0.6) is 0 Å². The monoisotopic (exact) mass is 367 g/mol. The summed E-state index contributed by atoms with van der Waals surface area (Å²) >= 11 is 0. The van der Waals surface area contributed by atoms with Crippen molar-refractivity contribution in [1.82, 2.24) is 5.32 Å². The van der Waals surface area contributed by atoms with Gasteiger partial charge in [0.25, 0.3) is 0 Å². The van der Waals surface area contributed by atoms with E-state index in [1.807, 2.05) is 24.3 Å². The van der Waals surface area contributed by atoms with Gasteiger partial charge in [0.05, 0.1) is 6.61 Å². The first-order valence-corrected chi connectivity index (χ1v) is 9.50. The number of carbonyl (C=O) groups is 1. The number of hydrogen-bond donors (Lipinski definition) is 2. The van der Waals surface area contributed by atoms with E-state index in [0.29, 0.717) is 26.4 Å². The van der Waals surface area contributed by atoms with Gasteiger partial charge in [-0.15, -0.1) is 0 Å². The topological polar surface area (TPSA) is 67.8 Å². The largest absolute Gasteiger partial charge is 0.449 e. The zero-order valence-corrected chi connectivity index (χ0v) is 15.3. The summed E-state index contributed by atoms with van der Waals surface area (Å²) in [6, 6.07) is 16.5. The number of fused-ring (bicyclic) bond motifs is 3. The van der Waals surface area contributed by atoms with E-state index in [4.69, 9.17) is 9.47 Å². The van der Waals surface area contributed by atoms with Gasteiger partial charge in [-0.1, -0.05) is 48.5 Å². The molecule has 2 aromatic rings. The van der Waals surface area contributed by atoms with Crippen LogP contribution in [0, 0.1) is 5.41 Å². The molecule has 0 spiro atoms. The predicted molar refractivity (Wildman–Crippen MR) is 103 cm³/mol. The molecule has 5 heteroatoms. The van der Waals surface area contributed by atoms with Crippen molar-refractivity contribution in [1.29, 1.82) is 0 Å². The average Bonchev–Trinajstić information content (AvgIpc) is 3.05. The normalized spacial score (nSPS) is 17.8. The average molecular weight is 367 g/mol. The summed E-state index contributed by atoms with van der Waals surface area (Å²) in [5, 5.41) is 12.6. The molecule has 142 valence electrons. The van der Waals surface area contributed by atoms with Crippen LogP contribution in [0.2, 0.25) is 0 Å². The van der Waals surface area contributed by atoms with Crippen LogP contribution < -0.4 is 5.32 Å². The van der Waals surface area contributed by atoms with Crippen molar-refractivity contribution >= 4 is 6.09 Å². The molecule has 5 nitrogen and oxygen atoms in total. The summed E-state index contributed by atoms with van der Waals surface area (Å²) in [6.07, 6.45) is 1.05. The number of aliphatic hydroxyl groups is 1. The van der Waals surface area contributed by atoms with Gasteiger partial charge in [-0.3, -0.25) is 0 Å². The summed E-state index contributed by atoms with van der Waals surface area (Å²) in [7, 11) is 0. The molecule has 1 heterocycles. The van der Waals surface area contributed by atoms with Crippen LogP contribution in [0.25, 0.3) is 11.1 Å². The Hall–Kier alpha value is -2.37. The van der Waals surface area contributed by atoms with Crippen molar-refractivity contribution in [3.05, 3.63) is 59.7 Å². The Labute approximate surface area is 159 Å². The fourth-order valence-electron chi connectivity index (χ4n) is 4.10. The Morgan fingerprint density at radius 1 is 1.07 bits per heavy atom. The SMILES string of the molecule is O=C(NCC1(CO)CCOCC1)OCC1c2ccccc2-c2ccccc21. The standard InChI is InChI=1S/C22H25NO4/c24-15-22(9-11-26-12-10-22)14-23-21(25)27-13-20-18-7-3-1-5-16(18)17-6-2-4-8-19(17)20/h1-8,20,24H,9-15H2,(H,23,25). The summed E-state index contributed by atoms with van der Waals surface area (Å²) < 4.78 is 10.9. The molecule has 0 radical (unpaired) electrons. The molecule has 1 aliphatic heterocycles. The molecule has 2 aromatic carbocycles. The molecular weight excluding hydrogens is 342 g/mol. The number of carbonyl (C=O) groups excluding carboxylic acids is 1. The lowest BCUT2D eigenvalue weighted by Crippen LogP contribution is -2.44. The Bertz CT molecular complexity index is 768. The molecule has 1 saturated heterocycles. The second-order valence-corrected chi connectivity index (χ2v) is 7.45. The quantitative estimate of drug-likeness (QED) is 0.851. The number of benzene rings is 2. The van der Waals surface area contributed by atoms with Crippen molar-refractivity contribution in [3.8, 4) is 11.1 Å². The highest BCUT2D eigenvalue weighted by Gasteiger charge is 2.33. The van der Waals surface area contributed by atoms with Gasteiger partial charge in [0.2, 0.25) is 0 Å². The first-order chi connectivity index (χ1) is 13.2. The molecule has 2 N–H and O–H groups in total. The van der Waals surface area contributed by atoms with Gasteiger partial charge >= 0.3 is 6.09 Å². The molecule has 27 heavy (non-hydrogen) atoms. The minimum absolute atomic E-state index is 0.0417. The Kier molecular flexibility index (Phi) is 5.14. The maximum atomic E-state index is 12.3. The van der Waals surface area contributed by atoms with Gasteiger partial charge in [0.1, 0.15) is 6.61 Å². The van der Waals surface area contributed by atoms with E-state index in [9.17, 15) is 9.90 Å². The zero-order chi connectivity index (χ0) is 18.7. The summed E-state index contributed by atoms with van der Waals surface area (Å²) in [5.74, 6) is 0.0537. The van der Waals surface area contributed by atoms with E-state index in [0.717, 1.165) is 12.8 Å². The molecule has 0 aromatic heterocycles. The smallest absolute Gasteiger partial charge is 0.407 e. The molecule has 2 aliphatic rings. The molecule has 1 fully saturated rings. The van der Waals surface area contributed by atoms with E-state index in [-0.39, 0.29) is 17.9 Å².